The van der Waals surface area contributed by atoms with Crippen LogP contribution in [0.2, 0.25) is 0 Å². The number of fused-ring (bicyclic) bond motifs is 1. The van der Waals surface area contributed by atoms with Gasteiger partial charge >= 0.3 is 0 Å². The summed E-state index contributed by atoms with van der Waals surface area (Å²) in [5.74, 6) is 0.304. The Kier molecular flexibility index (Phi) is 8.17. The molecule has 0 saturated carbocycles. The fourth-order valence-corrected chi connectivity index (χ4v) is 6.97. The lowest BCUT2D eigenvalue weighted by atomic mass is 9.71. The highest BCUT2D eigenvalue weighted by Crippen LogP contribution is 2.42. The summed E-state index contributed by atoms with van der Waals surface area (Å²) in [6.07, 6.45) is 8.17. The number of piperidine rings is 2. The standard InChI is InChI=1S/C33H42F2N8/c1-6-41-13-9-33(10-14-41)11-15-42(16-12-33)22(4)24-7-8-29(36-19-24)39-32-37-20-27(35)30(40-32)25-17-26(34)31-28(18-25)43(21(2)3)23(5)38-31/h7-8,17-22H,6,9-16H2,1-5H3,(H,36,37,39,40). The zero-order valence-electron chi connectivity index (χ0n) is 25.9. The summed E-state index contributed by atoms with van der Waals surface area (Å²) < 4.78 is 31.9. The van der Waals surface area contributed by atoms with Crippen molar-refractivity contribution in [1.29, 1.82) is 0 Å². The van der Waals surface area contributed by atoms with Crippen LogP contribution >= 0.6 is 0 Å². The molecule has 1 aromatic carbocycles. The molecular weight excluding hydrogens is 546 g/mol. The Balaban J connectivity index is 1.14. The number of halogens is 2. The van der Waals surface area contributed by atoms with Gasteiger partial charge in [0.15, 0.2) is 11.6 Å². The van der Waals surface area contributed by atoms with Crippen molar-refractivity contribution >= 4 is 22.8 Å². The summed E-state index contributed by atoms with van der Waals surface area (Å²) >= 11 is 0. The molecule has 0 aliphatic carbocycles. The molecule has 2 aliphatic rings. The lowest BCUT2D eigenvalue weighted by Crippen LogP contribution is -2.47. The van der Waals surface area contributed by atoms with Gasteiger partial charge in [0.05, 0.1) is 11.7 Å². The SMILES string of the molecule is CCN1CCC2(CC1)CCN(C(C)c1ccc(Nc3ncc(F)c(-c4cc(F)c5nc(C)n(C(C)C)c5c4)n3)nc1)CC2. The second-order valence-corrected chi connectivity index (χ2v) is 12.6. The smallest absolute Gasteiger partial charge is 0.229 e. The Morgan fingerprint density at radius 2 is 1.63 bits per heavy atom. The third kappa shape index (κ3) is 5.87. The summed E-state index contributed by atoms with van der Waals surface area (Å²) in [7, 11) is 0. The van der Waals surface area contributed by atoms with Crippen LogP contribution in [0, 0.1) is 24.0 Å². The molecule has 228 valence electrons. The van der Waals surface area contributed by atoms with Gasteiger partial charge in [-0.1, -0.05) is 13.0 Å². The van der Waals surface area contributed by atoms with Gasteiger partial charge in [0.1, 0.15) is 22.9 Å². The summed E-state index contributed by atoms with van der Waals surface area (Å²) in [4.78, 5) is 22.7. The number of benzene rings is 1. The summed E-state index contributed by atoms with van der Waals surface area (Å²) in [5.41, 5.74) is 2.89. The number of likely N-dealkylation sites (tertiary alicyclic amines) is 2. The molecule has 3 aromatic heterocycles. The second kappa shape index (κ2) is 11.9. The molecule has 43 heavy (non-hydrogen) atoms. The first-order valence-electron chi connectivity index (χ1n) is 15.6. The Morgan fingerprint density at radius 3 is 2.28 bits per heavy atom. The van der Waals surface area contributed by atoms with E-state index in [1.807, 2.05) is 37.6 Å². The van der Waals surface area contributed by atoms with E-state index in [1.165, 1.54) is 44.8 Å². The fourth-order valence-electron chi connectivity index (χ4n) is 6.97. The maximum atomic E-state index is 15.1. The largest absolute Gasteiger partial charge is 0.326 e. The van der Waals surface area contributed by atoms with Gasteiger partial charge in [0, 0.05) is 23.8 Å². The predicted molar refractivity (Wildman–Crippen MR) is 166 cm³/mol. The van der Waals surface area contributed by atoms with Crippen molar-refractivity contribution in [2.24, 2.45) is 5.41 Å². The van der Waals surface area contributed by atoms with E-state index >= 15 is 4.39 Å². The van der Waals surface area contributed by atoms with Crippen LogP contribution in [0.4, 0.5) is 20.5 Å². The van der Waals surface area contributed by atoms with E-state index in [0.29, 0.717) is 28.1 Å². The van der Waals surface area contributed by atoms with Crippen LogP contribution in [0.5, 0.6) is 0 Å². The molecule has 1 spiro atoms. The van der Waals surface area contributed by atoms with Crippen LogP contribution in [-0.4, -0.2) is 67.0 Å². The molecule has 0 radical (unpaired) electrons. The lowest BCUT2D eigenvalue weighted by molar-refractivity contribution is 0.0236. The van der Waals surface area contributed by atoms with Crippen molar-refractivity contribution in [2.45, 2.75) is 72.4 Å². The molecule has 2 saturated heterocycles. The van der Waals surface area contributed by atoms with Crippen molar-refractivity contribution in [3.63, 3.8) is 0 Å². The van der Waals surface area contributed by atoms with Crippen LogP contribution in [0.25, 0.3) is 22.3 Å². The number of imidazole rings is 1. The van der Waals surface area contributed by atoms with E-state index in [1.54, 1.807) is 6.07 Å². The van der Waals surface area contributed by atoms with Crippen LogP contribution in [0.3, 0.4) is 0 Å². The Hall–Kier alpha value is -3.50. The van der Waals surface area contributed by atoms with Crippen LogP contribution in [0.1, 0.15) is 76.8 Å². The molecule has 6 rings (SSSR count). The Labute approximate surface area is 252 Å². The number of pyridine rings is 1. The summed E-state index contributed by atoms with van der Waals surface area (Å²) in [6, 6.07) is 7.33. The van der Waals surface area contributed by atoms with Crippen molar-refractivity contribution in [3.05, 3.63) is 59.7 Å². The van der Waals surface area contributed by atoms with Crippen molar-refractivity contribution in [3.8, 4) is 11.3 Å². The number of hydrogen-bond donors (Lipinski definition) is 1. The maximum absolute atomic E-state index is 15.1. The van der Waals surface area contributed by atoms with Gasteiger partial charge in [0.2, 0.25) is 5.95 Å². The maximum Gasteiger partial charge on any atom is 0.229 e. The number of nitrogens with zero attached hydrogens (tertiary/aromatic N) is 7. The number of aryl methyl sites for hydroxylation is 1. The van der Waals surface area contributed by atoms with Crippen molar-refractivity contribution in [2.75, 3.05) is 38.0 Å². The fraction of sp³-hybridized carbons (Fsp3) is 0.515. The number of hydrogen-bond acceptors (Lipinski definition) is 7. The quantitative estimate of drug-likeness (QED) is 0.248. The van der Waals surface area contributed by atoms with E-state index in [4.69, 9.17) is 0 Å². The van der Waals surface area contributed by atoms with Crippen LogP contribution in [-0.2, 0) is 0 Å². The lowest BCUT2D eigenvalue weighted by Gasteiger charge is -2.48. The normalized spacial score (nSPS) is 18.5. The first-order valence-corrected chi connectivity index (χ1v) is 15.6. The first kappa shape index (κ1) is 29.6. The molecule has 1 atom stereocenters. The molecule has 0 amide bonds. The number of nitrogens with one attached hydrogen (secondary N) is 1. The third-order valence-electron chi connectivity index (χ3n) is 9.74. The summed E-state index contributed by atoms with van der Waals surface area (Å²) in [6.45, 7) is 16.2. The molecular formula is C33H42F2N8. The molecule has 2 aliphatic heterocycles. The molecule has 5 heterocycles. The van der Waals surface area contributed by atoms with Gasteiger partial charge in [-0.3, -0.25) is 4.90 Å². The van der Waals surface area contributed by atoms with Gasteiger partial charge in [0.25, 0.3) is 0 Å². The minimum atomic E-state index is -0.631. The molecule has 1 N–H and O–H groups in total. The van der Waals surface area contributed by atoms with E-state index in [0.717, 1.165) is 31.4 Å². The highest BCUT2D eigenvalue weighted by Gasteiger charge is 2.38. The first-order chi connectivity index (χ1) is 20.7. The van der Waals surface area contributed by atoms with E-state index < -0.39 is 11.6 Å². The highest BCUT2D eigenvalue weighted by atomic mass is 19.1. The minimum Gasteiger partial charge on any atom is -0.326 e. The van der Waals surface area contributed by atoms with Crippen molar-refractivity contribution < 1.29 is 8.78 Å². The molecule has 1 unspecified atom stereocenters. The average Bonchev–Trinajstić information content (AvgIpc) is 3.35. The zero-order chi connectivity index (χ0) is 30.3. The second-order valence-electron chi connectivity index (χ2n) is 12.6. The van der Waals surface area contributed by atoms with Crippen LogP contribution < -0.4 is 5.32 Å². The molecule has 4 aromatic rings. The van der Waals surface area contributed by atoms with Crippen LogP contribution in [0.15, 0.2) is 36.7 Å². The number of rotatable bonds is 7. The molecule has 2 fully saturated rings. The molecule has 8 nitrogen and oxygen atoms in total. The Morgan fingerprint density at radius 1 is 0.907 bits per heavy atom. The highest BCUT2D eigenvalue weighted by molar-refractivity contribution is 5.83. The topological polar surface area (TPSA) is 75.0 Å². The molecule has 10 heteroatoms. The van der Waals surface area contributed by atoms with Crippen molar-refractivity contribution in [1.82, 2.24) is 34.3 Å². The third-order valence-corrected chi connectivity index (χ3v) is 9.74. The van der Waals surface area contributed by atoms with Gasteiger partial charge in [-0.15, -0.1) is 0 Å². The Bertz CT molecular complexity index is 1580. The van der Waals surface area contributed by atoms with Gasteiger partial charge in [-0.2, -0.15) is 0 Å². The number of aromatic nitrogens is 5. The summed E-state index contributed by atoms with van der Waals surface area (Å²) in [5, 5.41) is 3.09. The van der Waals surface area contributed by atoms with Gasteiger partial charge in [-0.05, 0) is 115 Å². The van der Waals surface area contributed by atoms with E-state index in [2.05, 4.69) is 55.0 Å². The van der Waals surface area contributed by atoms with E-state index in [9.17, 15) is 4.39 Å². The van der Waals surface area contributed by atoms with Gasteiger partial charge in [-0.25, -0.2) is 28.7 Å². The average molecular weight is 589 g/mol. The molecule has 0 bridgehead atoms. The van der Waals surface area contributed by atoms with Gasteiger partial charge < -0.3 is 14.8 Å². The monoisotopic (exact) mass is 588 g/mol. The minimum absolute atomic E-state index is 0.0148. The van der Waals surface area contributed by atoms with E-state index in [-0.39, 0.29) is 29.2 Å². The predicted octanol–water partition coefficient (Wildman–Crippen LogP) is 7.06. The zero-order valence-corrected chi connectivity index (χ0v) is 25.9. The number of anilines is 2.